The van der Waals surface area contributed by atoms with Crippen LogP contribution >= 0.6 is 11.3 Å². The molecule has 180 valence electrons. The molecule has 0 radical (unpaired) electrons. The zero-order chi connectivity index (χ0) is 24.4. The number of aryl methyl sites for hydroxylation is 3. The van der Waals surface area contributed by atoms with Crippen LogP contribution in [0, 0.1) is 20.8 Å². The highest BCUT2D eigenvalue weighted by Gasteiger charge is 2.28. The number of carbonyl (C=O) groups is 1. The number of piperidine rings is 1. The second kappa shape index (κ2) is 9.97. The summed E-state index contributed by atoms with van der Waals surface area (Å²) >= 11 is 1.28. The van der Waals surface area contributed by atoms with Crippen LogP contribution in [0.2, 0.25) is 0 Å². The monoisotopic (exact) mass is 482 g/mol. The summed E-state index contributed by atoms with van der Waals surface area (Å²) in [6.07, 6.45) is 1.49. The number of hydrogen-bond acceptors (Lipinski definition) is 7. The minimum absolute atomic E-state index is 0.0224. The highest BCUT2D eigenvalue weighted by atomic mass is 32.1. The van der Waals surface area contributed by atoms with Crippen molar-refractivity contribution in [3.8, 4) is 22.1 Å². The summed E-state index contributed by atoms with van der Waals surface area (Å²) in [6.45, 7) is 9.28. The molecule has 4 rings (SSSR count). The average molecular weight is 483 g/mol. The van der Waals surface area contributed by atoms with Gasteiger partial charge in [-0.3, -0.25) is 9.59 Å². The molecule has 1 amide bonds. The van der Waals surface area contributed by atoms with Gasteiger partial charge in [0.25, 0.3) is 11.5 Å². The van der Waals surface area contributed by atoms with Crippen molar-refractivity contribution in [2.75, 3.05) is 19.7 Å². The summed E-state index contributed by atoms with van der Waals surface area (Å²) in [7, 11) is 1.63. The Bertz CT molecular complexity index is 1260. The van der Waals surface area contributed by atoms with Crippen LogP contribution in [0.5, 0.6) is 11.5 Å². The number of rotatable bonds is 6. The molecular formula is C25H30N4O4S. The summed E-state index contributed by atoms with van der Waals surface area (Å²) < 4.78 is 13.2. The lowest BCUT2D eigenvalue weighted by molar-refractivity contribution is 0.0593. The summed E-state index contributed by atoms with van der Waals surface area (Å²) in [5.74, 6) is 1.43. The number of nitrogens with zero attached hydrogens (tertiary/aromatic N) is 4. The van der Waals surface area contributed by atoms with Gasteiger partial charge in [-0.1, -0.05) is 12.1 Å². The van der Waals surface area contributed by atoms with Gasteiger partial charge >= 0.3 is 0 Å². The number of carbonyl (C=O) groups excluding carboxylic acids is 1. The second-order valence-electron chi connectivity index (χ2n) is 8.44. The zero-order valence-electron chi connectivity index (χ0n) is 20.3. The van der Waals surface area contributed by atoms with Crippen LogP contribution in [0.4, 0.5) is 0 Å². The van der Waals surface area contributed by atoms with Crippen molar-refractivity contribution in [2.45, 2.75) is 46.6 Å². The molecule has 1 fully saturated rings. The average Bonchev–Trinajstić information content (AvgIpc) is 3.20. The number of likely N-dealkylation sites (tertiary alicyclic amines) is 1. The molecule has 1 saturated heterocycles. The van der Waals surface area contributed by atoms with Crippen molar-refractivity contribution >= 4 is 17.2 Å². The van der Waals surface area contributed by atoms with Crippen molar-refractivity contribution in [1.82, 2.24) is 19.7 Å². The first-order chi connectivity index (χ1) is 16.3. The lowest BCUT2D eigenvalue weighted by Crippen LogP contribution is -2.41. The Morgan fingerprint density at radius 1 is 1.12 bits per heavy atom. The minimum Gasteiger partial charge on any atom is -0.490 e. The lowest BCUT2D eigenvalue weighted by atomic mass is 10.1. The van der Waals surface area contributed by atoms with E-state index in [2.05, 4.69) is 10.1 Å². The Labute approximate surface area is 203 Å². The van der Waals surface area contributed by atoms with Gasteiger partial charge < -0.3 is 14.4 Å². The maximum absolute atomic E-state index is 13.3. The number of benzene rings is 1. The maximum atomic E-state index is 13.3. The molecule has 1 aliphatic heterocycles. The van der Waals surface area contributed by atoms with Crippen molar-refractivity contribution in [1.29, 1.82) is 0 Å². The SMILES string of the molecule is CCOc1ccccc1OC1CCN(C(=O)c2sc(-c3c(C)c(C)nn(C)c3=O)nc2C)CC1. The second-order valence-corrected chi connectivity index (χ2v) is 9.44. The van der Waals surface area contributed by atoms with Crippen LogP contribution in [0.1, 0.15) is 46.4 Å². The van der Waals surface area contributed by atoms with E-state index in [1.807, 2.05) is 56.9 Å². The van der Waals surface area contributed by atoms with E-state index in [0.29, 0.717) is 40.8 Å². The van der Waals surface area contributed by atoms with E-state index in [4.69, 9.17) is 9.47 Å². The Balaban J connectivity index is 1.47. The Morgan fingerprint density at radius 3 is 2.47 bits per heavy atom. The number of para-hydroxylation sites is 2. The first kappa shape index (κ1) is 23.9. The predicted molar refractivity (Wildman–Crippen MR) is 132 cm³/mol. The van der Waals surface area contributed by atoms with Crippen LogP contribution in [0.25, 0.3) is 10.6 Å². The normalized spacial score (nSPS) is 14.3. The number of ether oxygens (including phenoxy) is 2. The van der Waals surface area contributed by atoms with E-state index in [0.717, 1.165) is 35.6 Å². The van der Waals surface area contributed by atoms with Crippen LogP contribution in [-0.2, 0) is 7.05 Å². The molecule has 0 spiro atoms. The molecule has 3 heterocycles. The lowest BCUT2D eigenvalue weighted by Gasteiger charge is -2.32. The fraction of sp³-hybridized carbons (Fsp3) is 0.440. The van der Waals surface area contributed by atoms with E-state index in [9.17, 15) is 9.59 Å². The smallest absolute Gasteiger partial charge is 0.277 e. The third kappa shape index (κ3) is 4.70. The Kier molecular flexibility index (Phi) is 7.02. The molecule has 0 aliphatic carbocycles. The van der Waals surface area contributed by atoms with Crippen molar-refractivity contribution in [3.05, 3.63) is 56.4 Å². The van der Waals surface area contributed by atoms with Crippen LogP contribution in [0.15, 0.2) is 29.1 Å². The van der Waals surface area contributed by atoms with Gasteiger partial charge in [0.2, 0.25) is 0 Å². The molecule has 1 aromatic carbocycles. The molecular weight excluding hydrogens is 452 g/mol. The summed E-state index contributed by atoms with van der Waals surface area (Å²) in [5.41, 5.74) is 2.51. The van der Waals surface area contributed by atoms with Gasteiger partial charge in [-0.05, 0) is 45.4 Å². The third-order valence-corrected chi connectivity index (χ3v) is 7.26. The van der Waals surface area contributed by atoms with Gasteiger partial charge in [-0.2, -0.15) is 5.10 Å². The van der Waals surface area contributed by atoms with Gasteiger partial charge in [-0.15, -0.1) is 11.3 Å². The maximum Gasteiger partial charge on any atom is 0.277 e. The molecule has 0 saturated carbocycles. The van der Waals surface area contributed by atoms with Crippen molar-refractivity contribution in [3.63, 3.8) is 0 Å². The molecule has 0 atom stereocenters. The molecule has 2 aromatic heterocycles. The van der Waals surface area contributed by atoms with Gasteiger partial charge in [0, 0.05) is 33.0 Å². The standard InChI is InChI=1S/C25H30N4O4S/c1-6-32-19-9-7-8-10-20(19)33-18-11-13-29(14-12-18)25(31)22-17(4)26-23(34-22)21-15(2)16(3)27-28(5)24(21)30/h7-10,18H,6,11-14H2,1-5H3. The minimum atomic E-state index is -0.207. The number of aromatic nitrogens is 3. The highest BCUT2D eigenvalue weighted by molar-refractivity contribution is 7.17. The largest absolute Gasteiger partial charge is 0.490 e. The molecule has 0 unspecified atom stereocenters. The summed E-state index contributed by atoms with van der Waals surface area (Å²) in [5, 5.41) is 4.80. The van der Waals surface area contributed by atoms with E-state index in [1.165, 1.54) is 16.0 Å². The highest BCUT2D eigenvalue weighted by Crippen LogP contribution is 2.32. The number of thiazole rings is 1. The van der Waals surface area contributed by atoms with E-state index >= 15 is 0 Å². The third-order valence-electron chi connectivity index (χ3n) is 6.10. The topological polar surface area (TPSA) is 86.5 Å². The number of hydrogen-bond donors (Lipinski definition) is 0. The first-order valence-electron chi connectivity index (χ1n) is 11.5. The van der Waals surface area contributed by atoms with Crippen LogP contribution in [-0.4, -0.2) is 51.4 Å². The molecule has 0 N–H and O–H groups in total. The summed E-state index contributed by atoms with van der Waals surface area (Å²) in [6, 6.07) is 7.67. The molecule has 3 aromatic rings. The number of amides is 1. The first-order valence-corrected chi connectivity index (χ1v) is 12.3. The fourth-order valence-corrected chi connectivity index (χ4v) is 5.25. The quantitative estimate of drug-likeness (QED) is 0.530. The predicted octanol–water partition coefficient (Wildman–Crippen LogP) is 3.91. The molecule has 8 nitrogen and oxygen atoms in total. The van der Waals surface area contributed by atoms with Crippen molar-refractivity contribution < 1.29 is 14.3 Å². The van der Waals surface area contributed by atoms with E-state index in [-0.39, 0.29) is 17.6 Å². The van der Waals surface area contributed by atoms with E-state index < -0.39 is 0 Å². The zero-order valence-corrected chi connectivity index (χ0v) is 21.1. The molecule has 9 heteroatoms. The Morgan fingerprint density at radius 2 is 1.79 bits per heavy atom. The molecule has 0 bridgehead atoms. The molecule has 34 heavy (non-hydrogen) atoms. The van der Waals surface area contributed by atoms with Crippen LogP contribution < -0.4 is 15.0 Å². The van der Waals surface area contributed by atoms with E-state index in [1.54, 1.807) is 7.05 Å². The van der Waals surface area contributed by atoms with Gasteiger partial charge in [-0.25, -0.2) is 9.67 Å². The van der Waals surface area contributed by atoms with Crippen molar-refractivity contribution in [2.24, 2.45) is 7.05 Å². The fourth-order valence-electron chi connectivity index (χ4n) is 4.12. The Hall–Kier alpha value is -3.20. The van der Waals surface area contributed by atoms with Gasteiger partial charge in [0.15, 0.2) is 11.5 Å². The van der Waals surface area contributed by atoms with Gasteiger partial charge in [0.05, 0.1) is 23.6 Å². The van der Waals surface area contributed by atoms with Crippen LogP contribution in [0.3, 0.4) is 0 Å². The molecule has 1 aliphatic rings. The van der Waals surface area contributed by atoms with Gasteiger partial charge in [0.1, 0.15) is 16.0 Å². The summed E-state index contributed by atoms with van der Waals surface area (Å²) in [4.78, 5) is 33.1.